The number of hydrogen-bond acceptors (Lipinski definition) is 7. The largest absolute Gasteiger partial charge is 0.496 e. The van der Waals surface area contributed by atoms with Crippen LogP contribution in [-0.4, -0.2) is 49.5 Å². The third kappa shape index (κ3) is 8.37. The Morgan fingerprint density at radius 3 is 2.03 bits per heavy atom. The Hall–Kier alpha value is -2.04. The van der Waals surface area contributed by atoms with Crippen molar-refractivity contribution in [1.82, 2.24) is 5.32 Å². The molecular weight excluding hydrogens is 505 g/mol. The van der Waals surface area contributed by atoms with Gasteiger partial charge in [0.25, 0.3) is 0 Å². The third-order valence-electron chi connectivity index (χ3n) is 3.59. The lowest BCUT2D eigenvalue weighted by molar-refractivity contribution is -0.143. The minimum Gasteiger partial charge on any atom is -0.496 e. The van der Waals surface area contributed by atoms with Crippen molar-refractivity contribution in [3.63, 3.8) is 0 Å². The van der Waals surface area contributed by atoms with Crippen molar-refractivity contribution in [1.29, 1.82) is 0 Å². The van der Waals surface area contributed by atoms with Crippen LogP contribution in [0, 0.1) is 3.57 Å². The van der Waals surface area contributed by atoms with Crippen LogP contribution in [0.4, 0.5) is 4.79 Å². The van der Waals surface area contributed by atoms with Crippen LogP contribution in [0.2, 0.25) is 0 Å². The van der Waals surface area contributed by atoms with E-state index in [4.69, 9.17) is 18.9 Å². The predicted octanol–water partition coefficient (Wildman–Crippen LogP) is 3.86. The molecular formula is C21H30INO7. The van der Waals surface area contributed by atoms with Gasteiger partial charge in [-0.2, -0.15) is 0 Å². The van der Waals surface area contributed by atoms with E-state index in [0.29, 0.717) is 14.9 Å². The lowest BCUT2D eigenvalue weighted by Gasteiger charge is -2.23. The number of amides is 1. The summed E-state index contributed by atoms with van der Waals surface area (Å²) in [4.78, 5) is 36.9. The van der Waals surface area contributed by atoms with Crippen molar-refractivity contribution in [3.05, 3.63) is 26.8 Å². The first-order chi connectivity index (χ1) is 13.7. The number of carbonyl (C=O) groups is 3. The SMILES string of the molecule is COC(=O)C(Cc1cc(OC)c(C(=O)OC(C)(C)C)cc1I)NC(=O)OC(C)(C)C. The Labute approximate surface area is 191 Å². The molecule has 0 aliphatic carbocycles. The number of methoxy groups -OCH3 is 2. The maximum atomic E-state index is 12.5. The first-order valence-corrected chi connectivity index (χ1v) is 10.4. The Bertz CT molecular complexity index is 794. The molecule has 0 saturated heterocycles. The number of alkyl carbamates (subject to hydrolysis) is 1. The summed E-state index contributed by atoms with van der Waals surface area (Å²) in [5.74, 6) is -0.826. The second-order valence-electron chi connectivity index (χ2n) is 8.57. The van der Waals surface area contributed by atoms with Crippen LogP contribution >= 0.6 is 22.6 Å². The molecule has 9 heteroatoms. The van der Waals surface area contributed by atoms with Crippen LogP contribution in [0.3, 0.4) is 0 Å². The molecule has 0 bridgehead atoms. The van der Waals surface area contributed by atoms with Crippen LogP contribution in [0.1, 0.15) is 57.5 Å². The molecule has 0 saturated carbocycles. The van der Waals surface area contributed by atoms with Crippen molar-refractivity contribution in [2.45, 2.75) is 65.2 Å². The van der Waals surface area contributed by atoms with Gasteiger partial charge in [-0.05, 0) is 81.8 Å². The number of esters is 2. The Balaban J connectivity index is 3.17. The minimum absolute atomic E-state index is 0.120. The maximum Gasteiger partial charge on any atom is 0.408 e. The number of rotatable bonds is 6. The molecule has 1 rings (SSSR count). The quantitative estimate of drug-likeness (QED) is 0.336. The molecule has 0 aliphatic rings. The van der Waals surface area contributed by atoms with Crippen molar-refractivity contribution < 1.29 is 33.3 Å². The highest BCUT2D eigenvalue weighted by molar-refractivity contribution is 14.1. The first kappa shape index (κ1) is 26.0. The summed E-state index contributed by atoms with van der Waals surface area (Å²) in [6.45, 7) is 10.5. The highest BCUT2D eigenvalue weighted by Gasteiger charge is 2.28. The monoisotopic (exact) mass is 535 g/mol. The van der Waals surface area contributed by atoms with Crippen LogP contribution in [0.5, 0.6) is 5.75 Å². The lowest BCUT2D eigenvalue weighted by Crippen LogP contribution is -2.45. The van der Waals surface area contributed by atoms with Gasteiger partial charge >= 0.3 is 18.0 Å². The van der Waals surface area contributed by atoms with E-state index in [2.05, 4.69) is 27.9 Å². The van der Waals surface area contributed by atoms with Crippen LogP contribution < -0.4 is 10.1 Å². The molecule has 1 N–H and O–H groups in total. The molecule has 1 amide bonds. The third-order valence-corrected chi connectivity index (χ3v) is 4.59. The van der Waals surface area contributed by atoms with Gasteiger partial charge in [-0.15, -0.1) is 0 Å². The first-order valence-electron chi connectivity index (χ1n) is 9.34. The van der Waals surface area contributed by atoms with Crippen molar-refractivity contribution in [3.8, 4) is 5.75 Å². The molecule has 1 aromatic rings. The molecule has 0 heterocycles. The summed E-state index contributed by atoms with van der Waals surface area (Å²) in [5, 5.41) is 2.53. The van der Waals surface area contributed by atoms with Crippen LogP contribution in [-0.2, 0) is 25.4 Å². The molecule has 168 valence electrons. The van der Waals surface area contributed by atoms with Crippen LogP contribution in [0.25, 0.3) is 0 Å². The van der Waals surface area contributed by atoms with Gasteiger partial charge in [-0.25, -0.2) is 14.4 Å². The summed E-state index contributed by atoms with van der Waals surface area (Å²) in [6.07, 6.45) is -0.611. The molecule has 0 aliphatic heterocycles. The predicted molar refractivity (Wildman–Crippen MR) is 120 cm³/mol. The number of benzene rings is 1. The van der Waals surface area contributed by atoms with Gasteiger partial charge in [0, 0.05) is 9.99 Å². The summed E-state index contributed by atoms with van der Waals surface area (Å²) < 4.78 is 21.5. The second kappa shape index (κ2) is 10.3. The standard InChI is InChI=1S/C21H30INO7/c1-20(2,3)29-17(24)13-11-14(22)12(10-16(13)27-7)9-15(18(25)28-8)23-19(26)30-21(4,5)6/h10-11,15H,9H2,1-8H3,(H,23,26). The smallest absolute Gasteiger partial charge is 0.408 e. The van der Waals surface area contributed by atoms with E-state index in [-0.39, 0.29) is 12.0 Å². The fraction of sp³-hybridized carbons (Fsp3) is 0.571. The average molecular weight is 535 g/mol. The topological polar surface area (TPSA) is 100 Å². The number of ether oxygens (including phenoxy) is 4. The molecule has 0 aromatic heterocycles. The van der Waals surface area contributed by atoms with Gasteiger partial charge in [0.05, 0.1) is 14.2 Å². The Kier molecular flexibility index (Phi) is 8.94. The summed E-state index contributed by atoms with van der Waals surface area (Å²) >= 11 is 2.05. The summed E-state index contributed by atoms with van der Waals surface area (Å²) in [7, 11) is 2.68. The minimum atomic E-state index is -0.976. The van der Waals surface area contributed by atoms with E-state index in [1.54, 1.807) is 53.7 Å². The summed E-state index contributed by atoms with van der Waals surface area (Å²) in [6, 6.07) is 2.30. The van der Waals surface area contributed by atoms with Gasteiger partial charge in [0.15, 0.2) is 0 Å². The van der Waals surface area contributed by atoms with E-state index in [1.807, 2.05) is 0 Å². The van der Waals surface area contributed by atoms with Crippen molar-refractivity contribution in [2.75, 3.05) is 14.2 Å². The van der Waals surface area contributed by atoms with Gasteiger partial charge in [-0.1, -0.05) is 0 Å². The number of nitrogens with one attached hydrogen (secondary N) is 1. The maximum absolute atomic E-state index is 12.5. The molecule has 8 nitrogen and oxygen atoms in total. The zero-order valence-electron chi connectivity index (χ0n) is 18.7. The van der Waals surface area contributed by atoms with Crippen molar-refractivity contribution in [2.24, 2.45) is 0 Å². The van der Waals surface area contributed by atoms with E-state index >= 15 is 0 Å². The van der Waals surface area contributed by atoms with E-state index in [0.717, 1.165) is 0 Å². The fourth-order valence-electron chi connectivity index (χ4n) is 2.42. The van der Waals surface area contributed by atoms with E-state index in [1.165, 1.54) is 14.2 Å². The lowest BCUT2D eigenvalue weighted by atomic mass is 10.0. The average Bonchev–Trinajstić information content (AvgIpc) is 2.58. The number of halogens is 1. The fourth-order valence-corrected chi connectivity index (χ4v) is 3.11. The zero-order valence-corrected chi connectivity index (χ0v) is 20.8. The molecule has 0 fully saturated rings. The van der Waals surface area contributed by atoms with Gasteiger partial charge in [-0.3, -0.25) is 0 Å². The van der Waals surface area contributed by atoms with Crippen LogP contribution in [0.15, 0.2) is 12.1 Å². The van der Waals surface area contributed by atoms with Gasteiger partial charge in [0.1, 0.15) is 28.6 Å². The van der Waals surface area contributed by atoms with Gasteiger partial charge in [0.2, 0.25) is 0 Å². The van der Waals surface area contributed by atoms with E-state index < -0.39 is 35.3 Å². The summed E-state index contributed by atoms with van der Waals surface area (Å²) in [5.41, 5.74) is -0.404. The number of hydrogen-bond donors (Lipinski definition) is 1. The Morgan fingerprint density at radius 2 is 1.57 bits per heavy atom. The van der Waals surface area contributed by atoms with E-state index in [9.17, 15) is 14.4 Å². The second-order valence-corrected chi connectivity index (χ2v) is 9.73. The molecule has 0 radical (unpaired) electrons. The molecule has 1 atom stereocenters. The highest BCUT2D eigenvalue weighted by atomic mass is 127. The molecule has 1 unspecified atom stereocenters. The molecule has 30 heavy (non-hydrogen) atoms. The zero-order chi connectivity index (χ0) is 23.3. The highest BCUT2D eigenvalue weighted by Crippen LogP contribution is 2.28. The number of carbonyl (C=O) groups excluding carboxylic acids is 3. The van der Waals surface area contributed by atoms with Crippen molar-refractivity contribution >= 4 is 40.6 Å². The Morgan fingerprint density at radius 1 is 1.00 bits per heavy atom. The molecule has 0 spiro atoms. The normalized spacial score (nSPS) is 12.6. The van der Waals surface area contributed by atoms with Gasteiger partial charge < -0.3 is 24.3 Å². The molecule has 1 aromatic carbocycles.